The molecule has 2 heterocycles. The van der Waals surface area contributed by atoms with Gasteiger partial charge in [0, 0.05) is 61.1 Å². The number of oxime groups is 1. The minimum atomic E-state index is -1.47. The average Bonchev–Trinajstić information content (AvgIpc) is 3.98. The molecule has 0 bridgehead atoms. The summed E-state index contributed by atoms with van der Waals surface area (Å²) >= 11 is 1.66. The van der Waals surface area contributed by atoms with Gasteiger partial charge >= 0.3 is 0 Å². The molecule has 8 rings (SSSR count). The number of nitro benzene ring substituents is 1. The van der Waals surface area contributed by atoms with Gasteiger partial charge in [-0.15, -0.1) is 18.3 Å². The number of unbranched alkanes of at least 4 members (excludes halogenated alkanes) is 10. The Morgan fingerprint density at radius 1 is 0.842 bits per heavy atom. The predicted molar refractivity (Wildman–Crippen MR) is 296 cm³/mol. The van der Waals surface area contributed by atoms with Crippen LogP contribution in [0.1, 0.15) is 139 Å². The first-order valence-corrected chi connectivity index (χ1v) is 28.9. The zero-order valence-electron chi connectivity index (χ0n) is 44.4. The summed E-state index contributed by atoms with van der Waals surface area (Å²) in [6.45, 7) is 7.00. The topological polar surface area (TPSA) is 172 Å². The normalized spacial score (nSPS) is 21.5. The number of carbonyl (C=O) groups is 1. The van der Waals surface area contributed by atoms with E-state index in [2.05, 4.69) is 25.6 Å². The van der Waals surface area contributed by atoms with E-state index in [9.17, 15) is 20.3 Å². The van der Waals surface area contributed by atoms with Gasteiger partial charge in [0.05, 0.1) is 23.2 Å². The Balaban J connectivity index is 1.27. The molecule has 2 aliphatic heterocycles. The number of hydrogen-bond acceptors (Lipinski definition) is 13. The number of ether oxygens (including phenoxy) is 5. The Hall–Kier alpha value is -5.87. The third-order valence-corrected chi connectivity index (χ3v) is 16.2. The lowest BCUT2D eigenvalue weighted by molar-refractivity contribution is -0.384. The fraction of sp³-hybridized carbons (Fsp3) is 0.508. The molecule has 2 N–H and O–H groups in total. The number of allylic oxidation sites excluding steroid dienone is 1. The molecule has 4 aromatic carbocycles. The second-order valence-corrected chi connectivity index (χ2v) is 21.4. The van der Waals surface area contributed by atoms with Gasteiger partial charge in [-0.2, -0.15) is 0 Å². The number of aliphatic hydroxyl groups excluding tert-OH is 2. The van der Waals surface area contributed by atoms with Crippen LogP contribution in [-0.4, -0.2) is 76.4 Å². The van der Waals surface area contributed by atoms with E-state index in [1.165, 1.54) is 44.2 Å². The molecule has 1 amide bonds. The van der Waals surface area contributed by atoms with Gasteiger partial charge in [0.25, 0.3) is 5.69 Å². The summed E-state index contributed by atoms with van der Waals surface area (Å²) in [5.74, 6) is 0.947. The third kappa shape index (κ3) is 13.8. The fourth-order valence-corrected chi connectivity index (χ4v) is 12.1. The standard InChI is InChI=1S/C61H77N3O11S/c1-4-6-7-8-9-10-11-12-13-20-58(67)63(40-44-23-31-55-56(36-44)71-42-70-55)57-39-53(62-73-41-43-21-24-46(25-22-43)64(68)69)51-37-45(18-14-16-33-65)50(19-15-17-34-66)59-52-38-48(74-47-26-29-49(76-3)30-27-47)28-32-54(52)75-61(57,60(51)59)72-35-5-2/h5,21-32,36-38,45,50,57,59-60,65-66H,2,4,6-20,33-35,39-42H2,1,3H3. The van der Waals surface area contributed by atoms with Gasteiger partial charge in [-0.05, 0) is 134 Å². The number of rotatable bonds is 31. The molecule has 1 fully saturated rings. The summed E-state index contributed by atoms with van der Waals surface area (Å²) in [5, 5.41) is 36.8. The highest BCUT2D eigenvalue weighted by molar-refractivity contribution is 7.98. The summed E-state index contributed by atoms with van der Waals surface area (Å²) in [5.41, 5.74) is 4.05. The number of nitrogens with zero attached hydrogens (tertiary/aromatic N) is 3. The van der Waals surface area contributed by atoms with E-state index in [4.69, 9.17) is 33.7 Å². The minimum absolute atomic E-state index is 0.00507. The molecule has 408 valence electrons. The molecule has 4 aliphatic rings. The monoisotopic (exact) mass is 1060 g/mol. The van der Waals surface area contributed by atoms with Crippen LogP contribution in [0.15, 0.2) is 119 Å². The van der Waals surface area contributed by atoms with E-state index in [-0.39, 0.29) is 75.5 Å². The second kappa shape index (κ2) is 28.0. The van der Waals surface area contributed by atoms with Crippen molar-refractivity contribution in [3.05, 3.63) is 136 Å². The lowest BCUT2D eigenvalue weighted by atomic mass is 9.55. The molecule has 14 nitrogen and oxygen atoms in total. The zero-order valence-corrected chi connectivity index (χ0v) is 45.2. The van der Waals surface area contributed by atoms with Crippen molar-refractivity contribution in [3.63, 3.8) is 0 Å². The van der Waals surface area contributed by atoms with Crippen LogP contribution in [0.4, 0.5) is 5.69 Å². The number of carbonyl (C=O) groups excluding carboxylic acids is 1. The van der Waals surface area contributed by atoms with Crippen molar-refractivity contribution in [2.24, 2.45) is 22.9 Å². The Labute approximate surface area is 453 Å². The molecule has 6 unspecified atom stereocenters. The third-order valence-electron chi connectivity index (χ3n) is 15.5. The highest BCUT2D eigenvalue weighted by Crippen LogP contribution is 2.62. The molecule has 1 saturated carbocycles. The highest BCUT2D eigenvalue weighted by atomic mass is 32.2. The first-order valence-electron chi connectivity index (χ1n) is 27.6. The van der Waals surface area contributed by atoms with Gasteiger partial charge in [0.2, 0.25) is 18.5 Å². The number of aliphatic hydroxyl groups is 2. The first kappa shape index (κ1) is 56.3. The number of fused-ring (bicyclic) bond motifs is 3. The quantitative estimate of drug-likeness (QED) is 0.0161. The Bertz CT molecular complexity index is 2610. The molecule has 15 heteroatoms. The molecule has 0 radical (unpaired) electrons. The first-order chi connectivity index (χ1) is 37.2. The molecular formula is C61H77N3O11S. The summed E-state index contributed by atoms with van der Waals surface area (Å²) in [6.07, 6.45) is 21.1. The molecule has 0 spiro atoms. The van der Waals surface area contributed by atoms with Crippen LogP contribution in [0.5, 0.6) is 28.7 Å². The van der Waals surface area contributed by atoms with E-state index in [0.717, 1.165) is 73.0 Å². The molecular weight excluding hydrogens is 983 g/mol. The highest BCUT2D eigenvalue weighted by Gasteiger charge is 2.65. The van der Waals surface area contributed by atoms with Crippen molar-refractivity contribution in [2.45, 2.75) is 152 Å². The lowest BCUT2D eigenvalue weighted by Crippen LogP contribution is -2.70. The maximum absolute atomic E-state index is 15.5. The summed E-state index contributed by atoms with van der Waals surface area (Å²) < 4.78 is 33.1. The van der Waals surface area contributed by atoms with E-state index in [1.54, 1.807) is 30.0 Å². The maximum Gasteiger partial charge on any atom is 0.269 e. The SMILES string of the molecule is C=CCOC12Oc3ccc(Oc4ccc(SC)cc4)cc3C3C(CCCCO)C(CCCCO)C=C(C(=NOCc4ccc([N+](=O)[O-])cc4)CC1N(Cc1ccc4c(c1)OCO4)C(=O)CCCCCCCCCCC)C32. The van der Waals surface area contributed by atoms with Crippen LogP contribution in [0.2, 0.25) is 0 Å². The number of non-ortho nitro benzene ring substituents is 1. The second-order valence-electron chi connectivity index (χ2n) is 20.5. The Morgan fingerprint density at radius 2 is 1.53 bits per heavy atom. The van der Waals surface area contributed by atoms with Gasteiger partial charge in [-0.25, -0.2) is 0 Å². The van der Waals surface area contributed by atoms with Crippen LogP contribution in [-0.2, 0) is 27.5 Å². The molecule has 2 aliphatic carbocycles. The molecule has 76 heavy (non-hydrogen) atoms. The average molecular weight is 1060 g/mol. The number of hydrogen-bond donors (Lipinski definition) is 2. The number of benzene rings is 4. The lowest BCUT2D eigenvalue weighted by Gasteiger charge is -2.60. The van der Waals surface area contributed by atoms with E-state index in [0.29, 0.717) is 59.3 Å². The summed E-state index contributed by atoms with van der Waals surface area (Å²) in [4.78, 5) is 36.0. The van der Waals surface area contributed by atoms with E-state index < -0.39 is 22.7 Å². The van der Waals surface area contributed by atoms with Gasteiger partial charge < -0.3 is 43.6 Å². The smallest absolute Gasteiger partial charge is 0.269 e. The van der Waals surface area contributed by atoms with E-state index >= 15 is 4.79 Å². The zero-order chi connectivity index (χ0) is 53.3. The van der Waals surface area contributed by atoms with Crippen LogP contribution in [0.25, 0.3) is 0 Å². The van der Waals surface area contributed by atoms with Crippen LogP contribution in [0, 0.1) is 27.9 Å². The molecule has 6 atom stereocenters. The number of amides is 1. The summed E-state index contributed by atoms with van der Waals surface area (Å²) in [7, 11) is 0. The molecule has 0 aromatic heterocycles. The van der Waals surface area contributed by atoms with E-state index in [1.807, 2.05) is 65.8 Å². The van der Waals surface area contributed by atoms with Crippen molar-refractivity contribution in [1.82, 2.24) is 4.90 Å². The van der Waals surface area contributed by atoms with Gasteiger partial charge in [-0.1, -0.05) is 94.5 Å². The maximum atomic E-state index is 15.5. The van der Waals surface area contributed by atoms with Gasteiger partial charge in [0.1, 0.15) is 29.9 Å². The number of nitro groups is 1. The minimum Gasteiger partial charge on any atom is -0.459 e. The van der Waals surface area contributed by atoms with Crippen molar-refractivity contribution in [3.8, 4) is 28.7 Å². The van der Waals surface area contributed by atoms with Crippen molar-refractivity contribution in [2.75, 3.05) is 32.9 Å². The largest absolute Gasteiger partial charge is 0.459 e. The number of thioether (sulfide) groups is 1. The fourth-order valence-electron chi connectivity index (χ4n) is 11.7. The van der Waals surface area contributed by atoms with Gasteiger partial charge in [0.15, 0.2) is 11.5 Å². The Kier molecular flexibility index (Phi) is 20.7. The predicted octanol–water partition coefficient (Wildman–Crippen LogP) is 13.6. The van der Waals surface area contributed by atoms with Gasteiger partial charge in [-0.3, -0.25) is 14.9 Å². The van der Waals surface area contributed by atoms with Crippen molar-refractivity contribution >= 4 is 29.1 Å². The van der Waals surface area contributed by atoms with Crippen LogP contribution >= 0.6 is 11.8 Å². The Morgan fingerprint density at radius 3 is 2.24 bits per heavy atom. The molecule has 4 aromatic rings. The van der Waals surface area contributed by atoms with Crippen LogP contribution < -0.4 is 18.9 Å². The van der Waals surface area contributed by atoms with Crippen molar-refractivity contribution < 1.29 is 48.5 Å². The summed E-state index contributed by atoms with van der Waals surface area (Å²) in [6, 6.07) is 25.3. The molecule has 0 saturated heterocycles. The van der Waals surface area contributed by atoms with Crippen LogP contribution in [0.3, 0.4) is 0 Å². The van der Waals surface area contributed by atoms with Crippen molar-refractivity contribution in [1.29, 1.82) is 0 Å².